The van der Waals surface area contributed by atoms with Crippen molar-refractivity contribution in [2.45, 2.75) is 30.3 Å². The Labute approximate surface area is 144 Å². The van der Waals surface area contributed by atoms with Gasteiger partial charge in [-0.3, -0.25) is 9.00 Å². The Morgan fingerprint density at radius 1 is 1.24 bits per heavy atom. The topological polar surface area (TPSA) is 69.7 Å². The maximum Gasteiger partial charge on any atom is 0.417 e. The Hall–Kier alpha value is -2.16. The van der Waals surface area contributed by atoms with Gasteiger partial charge >= 0.3 is 12.1 Å². The van der Waals surface area contributed by atoms with E-state index in [4.69, 9.17) is 9.47 Å². The van der Waals surface area contributed by atoms with E-state index in [-0.39, 0.29) is 17.1 Å². The molecule has 0 bridgehead atoms. The molecule has 0 aliphatic heterocycles. The summed E-state index contributed by atoms with van der Waals surface area (Å²) in [6, 6.07) is 1.57. The van der Waals surface area contributed by atoms with Crippen molar-refractivity contribution in [1.29, 1.82) is 0 Å². The zero-order valence-corrected chi connectivity index (χ0v) is 14.3. The van der Waals surface area contributed by atoms with Crippen molar-refractivity contribution < 1.29 is 36.4 Å². The highest BCUT2D eigenvalue weighted by Crippen LogP contribution is 2.40. The number of carbonyl (C=O) groups excluding carboxylic acids is 2. The van der Waals surface area contributed by atoms with E-state index in [0.29, 0.717) is 25.3 Å². The molecule has 0 radical (unpaired) electrons. The molecular weight excluding hydrogens is 361 g/mol. The average Bonchev–Trinajstić information content (AvgIpc) is 2.52. The van der Waals surface area contributed by atoms with Crippen LogP contribution in [0.4, 0.5) is 13.2 Å². The molecular formula is C16H15F3O5S. The van der Waals surface area contributed by atoms with Crippen LogP contribution in [0.5, 0.6) is 5.75 Å². The molecule has 1 aromatic rings. The third kappa shape index (κ3) is 4.28. The van der Waals surface area contributed by atoms with Gasteiger partial charge in [-0.05, 0) is 18.6 Å². The first-order valence-electron chi connectivity index (χ1n) is 7.22. The molecule has 0 fully saturated rings. The highest BCUT2D eigenvalue weighted by molar-refractivity contribution is 7.84. The van der Waals surface area contributed by atoms with Gasteiger partial charge in [-0.15, -0.1) is 0 Å². The van der Waals surface area contributed by atoms with Crippen LogP contribution < -0.4 is 4.74 Å². The van der Waals surface area contributed by atoms with E-state index in [1.807, 2.05) is 0 Å². The van der Waals surface area contributed by atoms with Gasteiger partial charge in [-0.1, -0.05) is 0 Å². The lowest BCUT2D eigenvalue weighted by atomic mass is 10.1. The van der Waals surface area contributed by atoms with Gasteiger partial charge in [0.25, 0.3) is 0 Å². The number of alkyl halides is 3. The second-order valence-corrected chi connectivity index (χ2v) is 6.61. The number of hydrogen-bond donors (Lipinski definition) is 0. The summed E-state index contributed by atoms with van der Waals surface area (Å²) in [7, 11) is -0.984. The first kappa shape index (κ1) is 19.2. The third-order valence-corrected chi connectivity index (χ3v) is 4.50. The van der Waals surface area contributed by atoms with Crippen molar-refractivity contribution in [3.8, 4) is 5.75 Å². The number of esters is 1. The smallest absolute Gasteiger partial charge is 0.417 e. The first-order valence-corrected chi connectivity index (χ1v) is 8.78. The fourth-order valence-electron chi connectivity index (χ4n) is 2.45. The van der Waals surface area contributed by atoms with Gasteiger partial charge in [-0.2, -0.15) is 13.2 Å². The number of ether oxygens (including phenoxy) is 2. The molecule has 1 unspecified atom stereocenters. The predicted octanol–water partition coefficient (Wildman–Crippen LogP) is 3.25. The van der Waals surface area contributed by atoms with Crippen LogP contribution >= 0.6 is 0 Å². The SMILES string of the molecule is COc1c(C(=O)OC2=CC(=O)CCC2)ccc(C(F)(F)F)c1S(C)=O. The van der Waals surface area contributed by atoms with Crippen molar-refractivity contribution in [2.75, 3.05) is 13.4 Å². The standard InChI is InChI=1S/C16H15F3O5S/c1-23-13-11(15(21)24-10-5-3-4-9(20)8-10)6-7-12(16(17,18)19)14(13)25(2)22/h6-8H,3-5H2,1-2H3. The minimum absolute atomic E-state index is 0.141. The van der Waals surface area contributed by atoms with Crippen LogP contribution in [0, 0.1) is 0 Å². The molecule has 5 nitrogen and oxygen atoms in total. The van der Waals surface area contributed by atoms with E-state index >= 15 is 0 Å². The first-order chi connectivity index (χ1) is 11.6. The molecule has 1 aromatic carbocycles. The lowest BCUT2D eigenvalue weighted by Crippen LogP contribution is -2.16. The summed E-state index contributed by atoms with van der Waals surface area (Å²) in [6.07, 6.45) is -1.26. The van der Waals surface area contributed by atoms with Crippen LogP contribution in [0.1, 0.15) is 35.2 Å². The van der Waals surface area contributed by atoms with Crippen molar-refractivity contribution in [3.63, 3.8) is 0 Å². The summed E-state index contributed by atoms with van der Waals surface area (Å²) in [5, 5.41) is 0. The summed E-state index contributed by atoms with van der Waals surface area (Å²) < 4.78 is 61.2. The lowest BCUT2D eigenvalue weighted by Gasteiger charge is -2.18. The fraction of sp³-hybridized carbons (Fsp3) is 0.375. The monoisotopic (exact) mass is 376 g/mol. The number of methoxy groups -OCH3 is 1. The summed E-state index contributed by atoms with van der Waals surface area (Å²) >= 11 is 0. The van der Waals surface area contributed by atoms with E-state index in [0.717, 1.165) is 19.4 Å². The molecule has 0 amide bonds. The number of rotatable bonds is 4. The van der Waals surface area contributed by atoms with Gasteiger partial charge in [0.15, 0.2) is 5.78 Å². The molecule has 1 atom stereocenters. The number of halogens is 3. The van der Waals surface area contributed by atoms with E-state index in [9.17, 15) is 27.0 Å². The Morgan fingerprint density at radius 2 is 1.92 bits per heavy atom. The molecule has 9 heteroatoms. The van der Waals surface area contributed by atoms with Crippen LogP contribution in [0.2, 0.25) is 0 Å². The average molecular weight is 376 g/mol. The van der Waals surface area contributed by atoms with E-state index in [1.165, 1.54) is 6.08 Å². The van der Waals surface area contributed by atoms with E-state index in [1.54, 1.807) is 0 Å². The Morgan fingerprint density at radius 3 is 2.44 bits per heavy atom. The van der Waals surface area contributed by atoms with Crippen LogP contribution in [0.3, 0.4) is 0 Å². The van der Waals surface area contributed by atoms with Crippen LogP contribution in [-0.4, -0.2) is 29.3 Å². The highest BCUT2D eigenvalue weighted by atomic mass is 32.2. The second kappa shape index (κ2) is 7.38. The minimum atomic E-state index is -4.75. The van der Waals surface area contributed by atoms with Gasteiger partial charge in [0, 0.05) is 25.2 Å². The largest absolute Gasteiger partial charge is 0.495 e. The van der Waals surface area contributed by atoms with Gasteiger partial charge in [-0.25, -0.2) is 4.79 Å². The normalized spacial score (nSPS) is 16.2. The summed E-state index contributed by atoms with van der Waals surface area (Å²) in [5.74, 6) is -1.48. The number of hydrogen-bond acceptors (Lipinski definition) is 5. The molecule has 0 N–H and O–H groups in total. The third-order valence-electron chi connectivity index (χ3n) is 3.52. The van der Waals surface area contributed by atoms with Gasteiger partial charge in [0.05, 0.1) is 28.4 Å². The Balaban J connectivity index is 2.47. The van der Waals surface area contributed by atoms with Crippen LogP contribution in [0.15, 0.2) is 28.9 Å². The molecule has 2 rings (SSSR count). The minimum Gasteiger partial charge on any atom is -0.495 e. The summed E-state index contributed by atoms with van der Waals surface area (Å²) in [4.78, 5) is 23.0. The number of carbonyl (C=O) groups is 2. The lowest BCUT2D eigenvalue weighted by molar-refractivity contribution is -0.140. The summed E-state index contributed by atoms with van der Waals surface area (Å²) in [6.45, 7) is 0. The number of ketones is 1. The molecule has 136 valence electrons. The van der Waals surface area contributed by atoms with Crippen molar-refractivity contribution >= 4 is 22.6 Å². The number of allylic oxidation sites excluding steroid dienone is 2. The molecule has 0 saturated carbocycles. The molecule has 0 saturated heterocycles. The van der Waals surface area contributed by atoms with Crippen LogP contribution in [0.25, 0.3) is 0 Å². The van der Waals surface area contributed by atoms with Crippen molar-refractivity contribution in [1.82, 2.24) is 0 Å². The van der Waals surface area contributed by atoms with E-state index < -0.39 is 39.2 Å². The molecule has 1 aliphatic rings. The van der Waals surface area contributed by atoms with Gasteiger partial charge in [0.2, 0.25) is 0 Å². The number of benzene rings is 1. The summed E-state index contributed by atoms with van der Waals surface area (Å²) in [5.41, 5.74) is -1.44. The fourth-order valence-corrected chi connectivity index (χ4v) is 3.40. The molecule has 25 heavy (non-hydrogen) atoms. The molecule has 0 heterocycles. The Bertz CT molecular complexity index is 768. The van der Waals surface area contributed by atoms with Gasteiger partial charge < -0.3 is 9.47 Å². The second-order valence-electron chi connectivity index (χ2n) is 5.29. The van der Waals surface area contributed by atoms with Crippen LogP contribution in [-0.2, 0) is 26.5 Å². The van der Waals surface area contributed by atoms with Gasteiger partial charge in [0.1, 0.15) is 17.1 Å². The maximum atomic E-state index is 13.1. The van der Waals surface area contributed by atoms with Crippen molar-refractivity contribution in [2.24, 2.45) is 0 Å². The molecule has 1 aliphatic carbocycles. The highest BCUT2D eigenvalue weighted by Gasteiger charge is 2.38. The molecule has 0 aromatic heterocycles. The van der Waals surface area contributed by atoms with E-state index in [2.05, 4.69) is 0 Å². The van der Waals surface area contributed by atoms with Crippen molar-refractivity contribution in [3.05, 3.63) is 35.1 Å². The quantitative estimate of drug-likeness (QED) is 0.755. The maximum absolute atomic E-state index is 13.1. The predicted molar refractivity (Wildman–Crippen MR) is 82.7 cm³/mol. The zero-order chi connectivity index (χ0) is 18.8. The zero-order valence-electron chi connectivity index (χ0n) is 13.4. The Kier molecular flexibility index (Phi) is 5.66. The molecule has 0 spiro atoms.